The molecule has 110 valence electrons. The van der Waals surface area contributed by atoms with Crippen molar-refractivity contribution in [3.05, 3.63) is 28.5 Å². The number of thioether (sulfide) groups is 1. The van der Waals surface area contributed by atoms with E-state index in [9.17, 15) is 17.6 Å². The Morgan fingerprint density at radius 3 is 2.50 bits per heavy atom. The summed E-state index contributed by atoms with van der Waals surface area (Å²) in [6.07, 6.45) is 0. The van der Waals surface area contributed by atoms with E-state index in [2.05, 4.69) is 0 Å². The van der Waals surface area contributed by atoms with Gasteiger partial charge >= 0.3 is 5.97 Å². The Morgan fingerprint density at radius 2 is 1.95 bits per heavy atom. The van der Waals surface area contributed by atoms with Crippen LogP contribution in [0.5, 0.6) is 0 Å². The van der Waals surface area contributed by atoms with Gasteiger partial charge in [0.15, 0.2) is 0 Å². The number of carbonyl (C=O) groups is 1. The SMILES string of the molecule is O=C(O)c1cc(S(=O)(=O)N2CCSCC2)cc(F)c1Cl. The molecule has 1 aromatic rings. The molecule has 0 unspecified atom stereocenters. The molecule has 0 amide bonds. The molecule has 1 aromatic carbocycles. The van der Waals surface area contributed by atoms with E-state index in [-0.39, 0.29) is 4.90 Å². The molecule has 1 N–H and O–H groups in total. The van der Waals surface area contributed by atoms with Crippen molar-refractivity contribution in [2.45, 2.75) is 4.90 Å². The number of rotatable bonds is 3. The number of carboxylic acids is 1. The predicted molar refractivity (Wildman–Crippen MR) is 74.5 cm³/mol. The first-order chi connectivity index (χ1) is 9.34. The van der Waals surface area contributed by atoms with Crippen molar-refractivity contribution >= 4 is 39.4 Å². The third-order valence-corrected chi connectivity index (χ3v) is 6.04. The molecule has 0 bridgehead atoms. The lowest BCUT2D eigenvalue weighted by Gasteiger charge is -2.25. The number of hydrogen-bond donors (Lipinski definition) is 1. The smallest absolute Gasteiger partial charge is 0.337 e. The zero-order valence-corrected chi connectivity index (χ0v) is 12.6. The predicted octanol–water partition coefficient (Wildman–Crippen LogP) is 1.91. The number of halogens is 2. The van der Waals surface area contributed by atoms with Gasteiger partial charge in [0.25, 0.3) is 0 Å². The highest BCUT2D eigenvalue weighted by Gasteiger charge is 2.28. The van der Waals surface area contributed by atoms with E-state index in [0.717, 1.165) is 12.1 Å². The van der Waals surface area contributed by atoms with Gasteiger partial charge in [0.2, 0.25) is 10.0 Å². The summed E-state index contributed by atoms with van der Waals surface area (Å²) in [5.74, 6) is -1.22. The third kappa shape index (κ3) is 2.93. The van der Waals surface area contributed by atoms with Gasteiger partial charge in [-0.15, -0.1) is 0 Å². The second kappa shape index (κ2) is 5.88. The number of carboxylic acid groups (broad SMARTS) is 1. The molecule has 1 fully saturated rings. The monoisotopic (exact) mass is 339 g/mol. The van der Waals surface area contributed by atoms with Crippen molar-refractivity contribution in [3.63, 3.8) is 0 Å². The molecular weight excluding hydrogens is 329 g/mol. The summed E-state index contributed by atoms with van der Waals surface area (Å²) in [6.45, 7) is 0.638. The van der Waals surface area contributed by atoms with Crippen LogP contribution in [0.25, 0.3) is 0 Å². The van der Waals surface area contributed by atoms with Crippen molar-refractivity contribution in [1.82, 2.24) is 4.31 Å². The highest BCUT2D eigenvalue weighted by atomic mass is 35.5. The summed E-state index contributed by atoms with van der Waals surface area (Å²) in [5.41, 5.74) is -0.559. The summed E-state index contributed by atoms with van der Waals surface area (Å²) < 4.78 is 39.5. The van der Waals surface area contributed by atoms with Gasteiger partial charge in [-0.1, -0.05) is 11.6 Å². The molecule has 9 heteroatoms. The van der Waals surface area contributed by atoms with Crippen LogP contribution in [0.4, 0.5) is 4.39 Å². The molecule has 0 saturated carbocycles. The van der Waals surface area contributed by atoms with Gasteiger partial charge in [-0.25, -0.2) is 17.6 Å². The van der Waals surface area contributed by atoms with Crippen molar-refractivity contribution in [1.29, 1.82) is 0 Å². The first kappa shape index (κ1) is 15.6. The normalized spacial score (nSPS) is 17.1. The van der Waals surface area contributed by atoms with E-state index in [1.807, 2.05) is 0 Å². The molecule has 1 aliphatic heterocycles. The van der Waals surface area contributed by atoms with E-state index >= 15 is 0 Å². The van der Waals surface area contributed by atoms with Crippen LogP contribution in [0.15, 0.2) is 17.0 Å². The molecule has 1 aliphatic rings. The lowest BCUT2D eigenvalue weighted by molar-refractivity contribution is 0.0696. The molecule has 1 saturated heterocycles. The molecule has 20 heavy (non-hydrogen) atoms. The van der Waals surface area contributed by atoms with Gasteiger partial charge in [0, 0.05) is 24.6 Å². The van der Waals surface area contributed by atoms with Crippen molar-refractivity contribution in [2.24, 2.45) is 0 Å². The molecule has 0 radical (unpaired) electrons. The number of sulfonamides is 1. The van der Waals surface area contributed by atoms with Crippen LogP contribution in [-0.4, -0.2) is 48.4 Å². The van der Waals surface area contributed by atoms with E-state index in [1.54, 1.807) is 11.8 Å². The van der Waals surface area contributed by atoms with E-state index in [1.165, 1.54) is 4.31 Å². The molecule has 0 spiro atoms. The number of benzene rings is 1. The Labute approximate surface area is 124 Å². The van der Waals surface area contributed by atoms with Crippen LogP contribution in [0.2, 0.25) is 5.02 Å². The average molecular weight is 340 g/mol. The second-order valence-electron chi connectivity index (χ2n) is 4.09. The third-order valence-electron chi connectivity index (χ3n) is 2.84. The van der Waals surface area contributed by atoms with Crippen molar-refractivity contribution in [3.8, 4) is 0 Å². The fourth-order valence-corrected chi connectivity index (χ4v) is 4.61. The summed E-state index contributed by atoms with van der Waals surface area (Å²) in [5, 5.41) is 8.34. The standard InChI is InChI=1S/C11H11ClFNO4S2/c12-10-8(11(15)16)5-7(6-9(10)13)20(17,18)14-1-3-19-4-2-14/h5-6H,1-4H2,(H,15,16). The average Bonchev–Trinajstić information content (AvgIpc) is 2.42. The Kier molecular flexibility index (Phi) is 4.58. The fourth-order valence-electron chi connectivity index (χ4n) is 1.80. The topological polar surface area (TPSA) is 74.7 Å². The maximum Gasteiger partial charge on any atom is 0.337 e. The lowest BCUT2D eigenvalue weighted by atomic mass is 10.2. The highest BCUT2D eigenvalue weighted by Crippen LogP contribution is 2.27. The van der Waals surface area contributed by atoms with Gasteiger partial charge in [-0.3, -0.25) is 0 Å². The van der Waals surface area contributed by atoms with Crippen LogP contribution >= 0.6 is 23.4 Å². The van der Waals surface area contributed by atoms with Crippen LogP contribution < -0.4 is 0 Å². The first-order valence-electron chi connectivity index (χ1n) is 5.64. The van der Waals surface area contributed by atoms with E-state index < -0.39 is 32.4 Å². The van der Waals surface area contributed by atoms with Crippen LogP contribution in [-0.2, 0) is 10.0 Å². The summed E-state index contributed by atoms with van der Waals surface area (Å²) in [6, 6.07) is 1.65. The van der Waals surface area contributed by atoms with Gasteiger partial charge in [0.05, 0.1) is 15.5 Å². The molecule has 1 heterocycles. The van der Waals surface area contributed by atoms with Gasteiger partial charge in [0.1, 0.15) is 5.82 Å². The minimum atomic E-state index is -3.90. The Morgan fingerprint density at radius 1 is 1.35 bits per heavy atom. The minimum absolute atomic E-state index is 0.319. The summed E-state index contributed by atoms with van der Waals surface area (Å²) in [4.78, 5) is 10.6. The molecule has 0 atom stereocenters. The maximum atomic E-state index is 13.6. The lowest BCUT2D eigenvalue weighted by Crippen LogP contribution is -2.38. The first-order valence-corrected chi connectivity index (χ1v) is 8.61. The molecule has 0 aromatic heterocycles. The quantitative estimate of drug-likeness (QED) is 0.910. The largest absolute Gasteiger partial charge is 0.478 e. The van der Waals surface area contributed by atoms with Crippen LogP contribution in [0.3, 0.4) is 0 Å². The number of nitrogens with zero attached hydrogens (tertiary/aromatic N) is 1. The Balaban J connectivity index is 2.49. The molecular formula is C11H11ClFNO4S2. The highest BCUT2D eigenvalue weighted by molar-refractivity contribution is 7.99. The number of aromatic carboxylic acids is 1. The van der Waals surface area contributed by atoms with Crippen LogP contribution in [0.1, 0.15) is 10.4 Å². The van der Waals surface area contributed by atoms with Crippen LogP contribution in [0, 0.1) is 5.82 Å². The van der Waals surface area contributed by atoms with Crippen molar-refractivity contribution < 1.29 is 22.7 Å². The van der Waals surface area contributed by atoms with Gasteiger partial charge < -0.3 is 5.11 Å². The Bertz CT molecular complexity index is 644. The second-order valence-corrected chi connectivity index (χ2v) is 7.63. The minimum Gasteiger partial charge on any atom is -0.478 e. The van der Waals surface area contributed by atoms with Gasteiger partial charge in [-0.2, -0.15) is 16.1 Å². The van der Waals surface area contributed by atoms with E-state index in [4.69, 9.17) is 16.7 Å². The van der Waals surface area contributed by atoms with Gasteiger partial charge in [-0.05, 0) is 12.1 Å². The summed E-state index contributed by atoms with van der Waals surface area (Å²) in [7, 11) is -3.90. The molecule has 5 nitrogen and oxygen atoms in total. The van der Waals surface area contributed by atoms with Crippen molar-refractivity contribution in [2.75, 3.05) is 24.6 Å². The summed E-state index contributed by atoms with van der Waals surface area (Å²) >= 11 is 7.16. The van der Waals surface area contributed by atoms with E-state index in [0.29, 0.717) is 24.6 Å². The number of hydrogen-bond acceptors (Lipinski definition) is 4. The zero-order chi connectivity index (χ0) is 14.9. The Hall–Kier alpha value is -0.830. The maximum absolute atomic E-state index is 13.6. The zero-order valence-electron chi connectivity index (χ0n) is 10.2. The molecule has 0 aliphatic carbocycles. The molecule has 2 rings (SSSR count). The fraction of sp³-hybridized carbons (Fsp3) is 0.364.